The Balaban J connectivity index is 1.99. The molecule has 0 saturated carbocycles. The quantitative estimate of drug-likeness (QED) is 0.621. The van der Waals surface area contributed by atoms with Crippen molar-refractivity contribution in [2.75, 3.05) is 0 Å². The van der Waals surface area contributed by atoms with Crippen LogP contribution in [-0.2, 0) is 9.53 Å². The lowest BCUT2D eigenvalue weighted by Gasteiger charge is -2.24. The van der Waals surface area contributed by atoms with Gasteiger partial charge in [0.2, 0.25) is 0 Å². The van der Waals surface area contributed by atoms with Gasteiger partial charge < -0.3 is 10.1 Å². The van der Waals surface area contributed by atoms with Gasteiger partial charge in [-0.2, -0.15) is 5.10 Å². The molecule has 1 atom stereocenters. The molecule has 8 nitrogen and oxygen atoms in total. The van der Waals surface area contributed by atoms with Crippen molar-refractivity contribution < 1.29 is 14.3 Å². The van der Waals surface area contributed by atoms with Crippen LogP contribution in [0.4, 0.5) is 4.79 Å². The number of carbonyl (C=O) groups excluding carboxylic acids is 2. The molecular formula is C19H25N5O3. The van der Waals surface area contributed by atoms with Crippen LogP contribution in [0.5, 0.6) is 0 Å². The first kappa shape index (κ1) is 20.3. The molecule has 2 N–H and O–H groups in total. The third-order valence-corrected chi connectivity index (χ3v) is 3.50. The van der Waals surface area contributed by atoms with Crippen molar-refractivity contribution in [3.8, 4) is 0 Å². The normalized spacial score (nSPS) is 13.0. The van der Waals surface area contributed by atoms with Crippen molar-refractivity contribution in [2.45, 2.75) is 46.3 Å². The first-order valence-electron chi connectivity index (χ1n) is 8.69. The zero-order chi connectivity index (χ0) is 20.0. The lowest BCUT2D eigenvalue weighted by Crippen LogP contribution is -2.49. The summed E-state index contributed by atoms with van der Waals surface area (Å²) in [7, 11) is 0. The summed E-state index contributed by atoms with van der Waals surface area (Å²) in [6.45, 7) is 8.93. The van der Waals surface area contributed by atoms with E-state index in [2.05, 4.69) is 25.8 Å². The van der Waals surface area contributed by atoms with Crippen LogP contribution in [0.2, 0.25) is 0 Å². The maximum atomic E-state index is 12.4. The molecular weight excluding hydrogens is 346 g/mol. The van der Waals surface area contributed by atoms with Gasteiger partial charge in [-0.15, -0.1) is 0 Å². The molecule has 27 heavy (non-hydrogen) atoms. The molecule has 0 radical (unpaired) electrons. The Bertz CT molecular complexity index is 843. The Hall–Kier alpha value is -3.03. The highest BCUT2D eigenvalue weighted by Crippen LogP contribution is 2.10. The van der Waals surface area contributed by atoms with Crippen LogP contribution < -0.4 is 10.7 Å². The number of hydrogen-bond donors (Lipinski definition) is 2. The summed E-state index contributed by atoms with van der Waals surface area (Å²) in [4.78, 5) is 32.7. The van der Waals surface area contributed by atoms with Crippen molar-refractivity contribution in [1.29, 1.82) is 0 Å². The average molecular weight is 371 g/mol. The van der Waals surface area contributed by atoms with E-state index in [0.717, 1.165) is 16.6 Å². The number of hydrogen-bond acceptors (Lipinski definition) is 6. The van der Waals surface area contributed by atoms with Crippen LogP contribution >= 0.6 is 0 Å². The summed E-state index contributed by atoms with van der Waals surface area (Å²) in [6, 6.07) is 4.70. The number of nitrogens with one attached hydrogen (secondary N) is 2. The minimum absolute atomic E-state index is 0.135. The van der Waals surface area contributed by atoms with Crippen LogP contribution in [0.25, 0.3) is 11.0 Å². The molecule has 0 fully saturated rings. The van der Waals surface area contributed by atoms with Gasteiger partial charge in [0.1, 0.15) is 11.6 Å². The highest BCUT2D eigenvalue weighted by atomic mass is 16.6. The zero-order valence-corrected chi connectivity index (χ0v) is 16.2. The Kier molecular flexibility index (Phi) is 6.44. The Morgan fingerprint density at radius 1 is 1.15 bits per heavy atom. The third kappa shape index (κ3) is 6.32. The minimum atomic E-state index is -0.764. The molecule has 1 heterocycles. The van der Waals surface area contributed by atoms with Crippen molar-refractivity contribution in [1.82, 2.24) is 20.7 Å². The molecule has 2 rings (SSSR count). The predicted molar refractivity (Wildman–Crippen MR) is 103 cm³/mol. The topological polar surface area (TPSA) is 106 Å². The van der Waals surface area contributed by atoms with Crippen LogP contribution in [0.1, 0.15) is 40.2 Å². The molecule has 0 aliphatic rings. The molecule has 0 unspecified atom stereocenters. The number of alkyl carbamates (subject to hydrolysis) is 1. The first-order valence-corrected chi connectivity index (χ1v) is 8.69. The highest BCUT2D eigenvalue weighted by Gasteiger charge is 2.26. The number of rotatable bonds is 5. The SMILES string of the molecule is CC(C)[C@H](NC(=O)OC(C)(C)C)C(=O)NN=Cc1ccc2nccnc2c1. The zero-order valence-electron chi connectivity index (χ0n) is 16.2. The lowest BCUT2D eigenvalue weighted by molar-refractivity contribution is -0.124. The van der Waals surface area contributed by atoms with Crippen LogP contribution in [0, 0.1) is 5.92 Å². The van der Waals surface area contributed by atoms with Gasteiger partial charge in [0.25, 0.3) is 5.91 Å². The minimum Gasteiger partial charge on any atom is -0.444 e. The maximum Gasteiger partial charge on any atom is 0.408 e. The van der Waals surface area contributed by atoms with Crippen LogP contribution in [0.15, 0.2) is 35.7 Å². The summed E-state index contributed by atoms with van der Waals surface area (Å²) < 4.78 is 5.20. The molecule has 0 aliphatic carbocycles. The molecule has 144 valence electrons. The Morgan fingerprint density at radius 2 is 1.81 bits per heavy atom. The summed E-state index contributed by atoms with van der Waals surface area (Å²) >= 11 is 0. The van der Waals surface area contributed by atoms with Crippen molar-refractivity contribution in [3.05, 3.63) is 36.2 Å². The van der Waals surface area contributed by atoms with E-state index in [1.807, 2.05) is 32.0 Å². The summed E-state index contributed by atoms with van der Waals surface area (Å²) in [5.74, 6) is -0.559. The van der Waals surface area contributed by atoms with Crippen molar-refractivity contribution in [2.24, 2.45) is 11.0 Å². The smallest absolute Gasteiger partial charge is 0.408 e. The standard InChI is InChI=1S/C19H25N5O3/c1-12(2)16(23-18(26)27-19(3,4)5)17(25)24-22-11-13-6-7-14-15(10-13)21-9-8-20-14/h6-12,16H,1-5H3,(H,23,26)(H,24,25)/t16-/m0/s1. The maximum absolute atomic E-state index is 12.4. The molecule has 8 heteroatoms. The number of benzene rings is 1. The van der Waals surface area contributed by atoms with Gasteiger partial charge in [-0.05, 0) is 44.4 Å². The van der Waals surface area contributed by atoms with Gasteiger partial charge >= 0.3 is 6.09 Å². The molecule has 0 spiro atoms. The van der Waals surface area contributed by atoms with E-state index in [1.54, 1.807) is 33.2 Å². The second-order valence-electron chi connectivity index (χ2n) is 7.41. The van der Waals surface area contributed by atoms with Crippen LogP contribution in [0.3, 0.4) is 0 Å². The number of carbonyl (C=O) groups is 2. The second kappa shape index (κ2) is 8.57. The molecule has 1 aromatic heterocycles. The average Bonchev–Trinajstić information content (AvgIpc) is 2.57. The number of ether oxygens (including phenoxy) is 1. The second-order valence-corrected chi connectivity index (χ2v) is 7.41. The number of nitrogens with zero attached hydrogens (tertiary/aromatic N) is 3. The first-order chi connectivity index (χ1) is 12.7. The van der Waals surface area contributed by atoms with Crippen LogP contribution in [-0.4, -0.2) is 39.8 Å². The fourth-order valence-corrected chi connectivity index (χ4v) is 2.27. The molecule has 2 amide bonds. The van der Waals surface area contributed by atoms with E-state index < -0.39 is 23.6 Å². The van der Waals surface area contributed by atoms with Gasteiger partial charge in [-0.1, -0.05) is 19.9 Å². The Labute approximate surface area is 158 Å². The van der Waals surface area contributed by atoms with E-state index in [1.165, 1.54) is 6.21 Å². The van der Waals surface area contributed by atoms with E-state index in [9.17, 15) is 9.59 Å². The van der Waals surface area contributed by atoms with Crippen molar-refractivity contribution >= 4 is 29.2 Å². The monoisotopic (exact) mass is 371 g/mol. The fraction of sp³-hybridized carbons (Fsp3) is 0.421. The van der Waals surface area contributed by atoms with Gasteiger partial charge in [0.05, 0.1) is 17.2 Å². The van der Waals surface area contributed by atoms with E-state index >= 15 is 0 Å². The Morgan fingerprint density at radius 3 is 2.44 bits per heavy atom. The molecule has 1 aromatic carbocycles. The van der Waals surface area contributed by atoms with Gasteiger partial charge in [0, 0.05) is 12.4 Å². The third-order valence-electron chi connectivity index (χ3n) is 3.50. The van der Waals surface area contributed by atoms with E-state index in [4.69, 9.17) is 4.74 Å². The van der Waals surface area contributed by atoms with Gasteiger partial charge in [0.15, 0.2) is 0 Å². The van der Waals surface area contributed by atoms with E-state index in [0.29, 0.717) is 0 Å². The number of fused-ring (bicyclic) bond motifs is 1. The summed E-state index contributed by atoms with van der Waals surface area (Å²) in [5.41, 5.74) is 4.09. The fourth-order valence-electron chi connectivity index (χ4n) is 2.27. The molecule has 0 bridgehead atoms. The number of hydrazone groups is 1. The lowest BCUT2D eigenvalue weighted by atomic mass is 10.0. The molecule has 0 aliphatic heterocycles. The summed E-state index contributed by atoms with van der Waals surface area (Å²) in [5, 5.41) is 6.55. The predicted octanol–water partition coefficient (Wildman–Crippen LogP) is 2.63. The highest BCUT2D eigenvalue weighted by molar-refractivity contribution is 5.89. The largest absolute Gasteiger partial charge is 0.444 e. The van der Waals surface area contributed by atoms with Gasteiger partial charge in [-0.3, -0.25) is 14.8 Å². The van der Waals surface area contributed by atoms with Gasteiger partial charge in [-0.25, -0.2) is 10.2 Å². The van der Waals surface area contributed by atoms with E-state index in [-0.39, 0.29) is 5.92 Å². The number of amides is 2. The summed E-state index contributed by atoms with van der Waals surface area (Å²) in [6.07, 6.45) is 4.10. The molecule has 0 saturated heterocycles. The molecule has 2 aromatic rings. The number of aromatic nitrogens is 2. The van der Waals surface area contributed by atoms with Crippen molar-refractivity contribution in [3.63, 3.8) is 0 Å².